The van der Waals surface area contributed by atoms with Crippen molar-refractivity contribution in [3.8, 4) is 0 Å². The van der Waals surface area contributed by atoms with Gasteiger partial charge in [-0.3, -0.25) is 14.7 Å². The molecule has 1 heterocycles. The summed E-state index contributed by atoms with van der Waals surface area (Å²) in [5, 5.41) is 2.88. The predicted molar refractivity (Wildman–Crippen MR) is 76.5 cm³/mol. The van der Waals surface area contributed by atoms with Crippen molar-refractivity contribution < 1.29 is 4.79 Å². The van der Waals surface area contributed by atoms with Crippen LogP contribution < -0.4 is 11.1 Å². The number of aromatic nitrogens is 1. The third-order valence-electron chi connectivity index (χ3n) is 2.81. The molecular weight excluding hydrogens is 240 g/mol. The van der Waals surface area contributed by atoms with Crippen molar-refractivity contribution >= 4 is 5.91 Å². The minimum atomic E-state index is -0.105. The maximum atomic E-state index is 11.8. The number of likely N-dealkylation sites (N-methyl/N-ethyl adjacent to an activating group) is 1. The summed E-state index contributed by atoms with van der Waals surface area (Å²) in [7, 11) is 1.89. The topological polar surface area (TPSA) is 71.2 Å². The first kappa shape index (κ1) is 15.6. The van der Waals surface area contributed by atoms with E-state index in [-0.39, 0.29) is 24.0 Å². The van der Waals surface area contributed by atoms with Gasteiger partial charge in [-0.25, -0.2) is 0 Å². The molecule has 2 atom stereocenters. The van der Waals surface area contributed by atoms with Crippen molar-refractivity contribution in [2.45, 2.75) is 38.9 Å². The quantitative estimate of drug-likeness (QED) is 0.801. The molecule has 0 aliphatic rings. The molecule has 0 aromatic carbocycles. The lowest BCUT2D eigenvalue weighted by Gasteiger charge is -2.30. The Balaban J connectivity index is 2.75. The van der Waals surface area contributed by atoms with Gasteiger partial charge >= 0.3 is 0 Å². The Morgan fingerprint density at radius 3 is 2.58 bits per heavy atom. The van der Waals surface area contributed by atoms with Crippen LogP contribution in [0, 0.1) is 0 Å². The monoisotopic (exact) mass is 264 g/mol. The molecule has 1 aromatic heterocycles. The highest BCUT2D eigenvalue weighted by Crippen LogP contribution is 2.19. The predicted octanol–water partition coefficient (Wildman–Crippen LogP) is 0.926. The highest BCUT2D eigenvalue weighted by atomic mass is 16.2. The Labute approximate surface area is 115 Å². The summed E-state index contributed by atoms with van der Waals surface area (Å²) in [6, 6.07) is 5.70. The number of nitrogens with zero attached hydrogens (tertiary/aromatic N) is 2. The third-order valence-corrected chi connectivity index (χ3v) is 2.81. The SMILES string of the molecule is CC(C)NC(=O)CN(C)C(c1ccccn1)C(C)N. The van der Waals surface area contributed by atoms with E-state index in [1.54, 1.807) is 6.20 Å². The molecule has 0 aliphatic carbocycles. The minimum Gasteiger partial charge on any atom is -0.353 e. The van der Waals surface area contributed by atoms with Crippen LogP contribution in [-0.2, 0) is 4.79 Å². The number of hydrogen-bond acceptors (Lipinski definition) is 4. The Kier molecular flexibility index (Phi) is 5.92. The normalized spacial score (nSPS) is 14.5. The van der Waals surface area contributed by atoms with Gasteiger partial charge in [-0.05, 0) is 40.0 Å². The molecule has 1 aromatic rings. The summed E-state index contributed by atoms with van der Waals surface area (Å²) in [5.41, 5.74) is 6.92. The van der Waals surface area contributed by atoms with E-state index in [1.165, 1.54) is 0 Å². The van der Waals surface area contributed by atoms with Gasteiger partial charge in [0.1, 0.15) is 0 Å². The van der Waals surface area contributed by atoms with Crippen LogP contribution in [-0.4, -0.2) is 41.5 Å². The van der Waals surface area contributed by atoms with Crippen molar-refractivity contribution in [3.63, 3.8) is 0 Å². The molecule has 0 radical (unpaired) electrons. The van der Waals surface area contributed by atoms with Gasteiger partial charge in [0.05, 0.1) is 18.3 Å². The molecule has 1 amide bonds. The molecule has 0 saturated carbocycles. The molecular formula is C14H24N4O. The molecule has 3 N–H and O–H groups in total. The van der Waals surface area contributed by atoms with Crippen LogP contribution in [0.15, 0.2) is 24.4 Å². The summed E-state index contributed by atoms with van der Waals surface area (Å²) < 4.78 is 0. The first-order valence-corrected chi connectivity index (χ1v) is 6.58. The molecule has 2 unspecified atom stereocenters. The maximum absolute atomic E-state index is 11.8. The van der Waals surface area contributed by atoms with Crippen molar-refractivity contribution in [3.05, 3.63) is 30.1 Å². The lowest BCUT2D eigenvalue weighted by molar-refractivity contribution is -0.123. The van der Waals surface area contributed by atoms with Gasteiger partial charge in [0.2, 0.25) is 5.91 Å². The van der Waals surface area contributed by atoms with E-state index in [1.807, 2.05) is 50.9 Å². The number of nitrogens with two attached hydrogens (primary N) is 1. The molecule has 0 spiro atoms. The minimum absolute atomic E-state index is 0.000851. The maximum Gasteiger partial charge on any atom is 0.234 e. The number of hydrogen-bond donors (Lipinski definition) is 2. The van der Waals surface area contributed by atoms with Gasteiger partial charge in [0.15, 0.2) is 0 Å². The van der Waals surface area contributed by atoms with E-state index in [0.29, 0.717) is 6.54 Å². The zero-order chi connectivity index (χ0) is 14.4. The lowest BCUT2D eigenvalue weighted by atomic mass is 10.0. The number of carbonyl (C=O) groups is 1. The number of nitrogens with one attached hydrogen (secondary N) is 1. The number of rotatable bonds is 6. The van der Waals surface area contributed by atoms with Crippen LogP contribution in [0.25, 0.3) is 0 Å². The zero-order valence-electron chi connectivity index (χ0n) is 12.1. The lowest BCUT2D eigenvalue weighted by Crippen LogP contribution is -2.44. The van der Waals surface area contributed by atoms with Crippen LogP contribution in [0.5, 0.6) is 0 Å². The summed E-state index contributed by atoms with van der Waals surface area (Å²) in [6.45, 7) is 6.12. The molecule has 5 nitrogen and oxygen atoms in total. The fourth-order valence-electron chi connectivity index (χ4n) is 2.14. The molecule has 1 rings (SSSR count). The fraction of sp³-hybridized carbons (Fsp3) is 0.571. The van der Waals surface area contributed by atoms with Crippen LogP contribution in [0.3, 0.4) is 0 Å². The number of carbonyl (C=O) groups excluding carboxylic acids is 1. The van der Waals surface area contributed by atoms with Crippen LogP contribution in [0.1, 0.15) is 32.5 Å². The molecule has 106 valence electrons. The molecule has 0 fully saturated rings. The highest BCUT2D eigenvalue weighted by molar-refractivity contribution is 5.78. The average Bonchev–Trinajstić information content (AvgIpc) is 2.28. The van der Waals surface area contributed by atoms with Crippen LogP contribution in [0.2, 0.25) is 0 Å². The Bertz CT molecular complexity index is 392. The van der Waals surface area contributed by atoms with Crippen LogP contribution >= 0.6 is 0 Å². The summed E-state index contributed by atoms with van der Waals surface area (Å²) >= 11 is 0. The van der Waals surface area contributed by atoms with E-state index in [4.69, 9.17) is 5.73 Å². The summed E-state index contributed by atoms with van der Waals surface area (Å²) in [5.74, 6) is -0.000851. The van der Waals surface area contributed by atoms with Crippen LogP contribution in [0.4, 0.5) is 0 Å². The molecule has 0 saturated heterocycles. The number of amides is 1. The second-order valence-electron chi connectivity index (χ2n) is 5.20. The molecule has 0 bridgehead atoms. The second-order valence-corrected chi connectivity index (χ2v) is 5.20. The third kappa shape index (κ3) is 4.96. The van der Waals surface area contributed by atoms with Gasteiger partial charge in [-0.15, -0.1) is 0 Å². The van der Waals surface area contributed by atoms with Gasteiger partial charge in [-0.1, -0.05) is 6.07 Å². The zero-order valence-corrected chi connectivity index (χ0v) is 12.1. The molecule has 19 heavy (non-hydrogen) atoms. The Morgan fingerprint density at radius 2 is 2.11 bits per heavy atom. The first-order valence-electron chi connectivity index (χ1n) is 6.58. The molecule has 0 aliphatic heterocycles. The Morgan fingerprint density at radius 1 is 1.42 bits per heavy atom. The first-order chi connectivity index (χ1) is 8.91. The molecule has 5 heteroatoms. The Hall–Kier alpha value is -1.46. The van der Waals surface area contributed by atoms with Gasteiger partial charge in [0, 0.05) is 18.3 Å². The number of pyridine rings is 1. The van der Waals surface area contributed by atoms with E-state index in [9.17, 15) is 4.79 Å². The summed E-state index contributed by atoms with van der Waals surface area (Å²) in [6.07, 6.45) is 1.74. The van der Waals surface area contributed by atoms with Gasteiger partial charge in [0.25, 0.3) is 0 Å². The fourth-order valence-corrected chi connectivity index (χ4v) is 2.14. The van der Waals surface area contributed by atoms with E-state index in [2.05, 4.69) is 10.3 Å². The average molecular weight is 264 g/mol. The van der Waals surface area contributed by atoms with E-state index < -0.39 is 0 Å². The standard InChI is InChI=1S/C14H24N4O/c1-10(2)17-13(19)9-18(4)14(11(3)15)12-7-5-6-8-16-12/h5-8,10-11,14H,9,15H2,1-4H3,(H,17,19). The second kappa shape index (κ2) is 7.21. The largest absolute Gasteiger partial charge is 0.353 e. The van der Waals surface area contributed by atoms with Crippen molar-refractivity contribution in [2.75, 3.05) is 13.6 Å². The van der Waals surface area contributed by atoms with Crippen molar-refractivity contribution in [1.29, 1.82) is 0 Å². The van der Waals surface area contributed by atoms with E-state index >= 15 is 0 Å². The van der Waals surface area contributed by atoms with E-state index in [0.717, 1.165) is 5.69 Å². The van der Waals surface area contributed by atoms with Gasteiger partial charge < -0.3 is 11.1 Å². The van der Waals surface area contributed by atoms with Gasteiger partial charge in [-0.2, -0.15) is 0 Å². The smallest absolute Gasteiger partial charge is 0.234 e. The van der Waals surface area contributed by atoms with Crippen molar-refractivity contribution in [1.82, 2.24) is 15.2 Å². The highest BCUT2D eigenvalue weighted by Gasteiger charge is 2.23. The van der Waals surface area contributed by atoms with Crippen molar-refractivity contribution in [2.24, 2.45) is 5.73 Å². The summed E-state index contributed by atoms with van der Waals surface area (Å²) in [4.78, 5) is 18.1.